The highest BCUT2D eigenvalue weighted by molar-refractivity contribution is 5.78. The first-order valence-corrected chi connectivity index (χ1v) is 8.49. The summed E-state index contributed by atoms with van der Waals surface area (Å²) in [5.74, 6) is 0.926. The quantitative estimate of drug-likeness (QED) is 0.869. The maximum atomic E-state index is 11.5. The van der Waals surface area contributed by atoms with Crippen molar-refractivity contribution >= 4 is 6.29 Å². The van der Waals surface area contributed by atoms with Gasteiger partial charge in [-0.25, -0.2) is 0 Å². The van der Waals surface area contributed by atoms with E-state index in [4.69, 9.17) is 4.74 Å². The van der Waals surface area contributed by atoms with E-state index < -0.39 is 0 Å². The van der Waals surface area contributed by atoms with E-state index in [1.807, 2.05) is 24.3 Å². The topological polar surface area (TPSA) is 46.5 Å². The summed E-state index contributed by atoms with van der Waals surface area (Å²) in [5.41, 5.74) is 1.39. The summed E-state index contributed by atoms with van der Waals surface area (Å²) in [7, 11) is 0. The van der Waals surface area contributed by atoms with Crippen molar-refractivity contribution in [3.8, 4) is 0 Å². The Labute approximate surface area is 131 Å². The normalized spacial score (nSPS) is 42.5. The fourth-order valence-electron chi connectivity index (χ4n) is 5.95. The number of ether oxygens (including phenoxy) is 1. The highest BCUT2D eigenvalue weighted by atomic mass is 16.5. The average Bonchev–Trinajstić information content (AvgIpc) is 2.51. The van der Waals surface area contributed by atoms with E-state index in [0.29, 0.717) is 11.8 Å². The first kappa shape index (κ1) is 14.4. The minimum absolute atomic E-state index is 0.0875. The number of hydrogen-bond acceptors (Lipinski definition) is 3. The second kappa shape index (κ2) is 4.90. The van der Waals surface area contributed by atoms with Crippen LogP contribution in [-0.4, -0.2) is 29.7 Å². The van der Waals surface area contributed by atoms with Crippen molar-refractivity contribution in [2.75, 3.05) is 6.61 Å². The second-order valence-electron chi connectivity index (χ2n) is 7.57. The summed E-state index contributed by atoms with van der Waals surface area (Å²) in [4.78, 5) is 11.5. The van der Waals surface area contributed by atoms with Crippen molar-refractivity contribution in [3.05, 3.63) is 35.4 Å². The van der Waals surface area contributed by atoms with Crippen molar-refractivity contribution in [1.29, 1.82) is 0 Å². The molecule has 0 heterocycles. The molecule has 3 nitrogen and oxygen atoms in total. The molecular weight excluding hydrogens is 276 g/mol. The molecule has 0 aliphatic heterocycles. The Morgan fingerprint density at radius 3 is 2.91 bits per heavy atom. The van der Waals surface area contributed by atoms with Crippen LogP contribution in [0.25, 0.3) is 0 Å². The van der Waals surface area contributed by atoms with Crippen molar-refractivity contribution in [2.45, 2.75) is 56.1 Å². The number of aliphatic hydroxyl groups excluding tert-OH is 1. The van der Waals surface area contributed by atoms with Crippen LogP contribution in [0.4, 0.5) is 0 Å². The zero-order chi connectivity index (χ0) is 15.4. The maximum Gasteiger partial charge on any atom is 0.150 e. The molecule has 4 aliphatic carbocycles. The van der Waals surface area contributed by atoms with Gasteiger partial charge in [0.25, 0.3) is 0 Å². The molecule has 1 aromatic rings. The van der Waals surface area contributed by atoms with Crippen molar-refractivity contribution < 1.29 is 14.6 Å². The van der Waals surface area contributed by atoms with Gasteiger partial charge >= 0.3 is 0 Å². The van der Waals surface area contributed by atoms with Gasteiger partial charge in [-0.2, -0.15) is 0 Å². The van der Waals surface area contributed by atoms with E-state index in [2.05, 4.69) is 6.92 Å². The van der Waals surface area contributed by atoms with Gasteiger partial charge in [0.05, 0.1) is 11.7 Å². The molecule has 5 atom stereocenters. The summed E-state index contributed by atoms with van der Waals surface area (Å²) in [6.45, 7) is 2.78. The Kier molecular flexibility index (Phi) is 3.21. The molecule has 5 rings (SSSR count). The number of aliphatic hydroxyl groups is 1. The molecule has 4 bridgehead atoms. The van der Waals surface area contributed by atoms with Gasteiger partial charge in [0, 0.05) is 17.6 Å². The smallest absolute Gasteiger partial charge is 0.150 e. The Bertz CT molecular complexity index is 598. The highest BCUT2D eigenvalue weighted by Crippen LogP contribution is 2.63. The van der Waals surface area contributed by atoms with E-state index >= 15 is 0 Å². The minimum Gasteiger partial charge on any atom is -0.392 e. The third-order valence-corrected chi connectivity index (χ3v) is 6.31. The molecule has 1 aromatic carbocycles. The number of aldehydes is 1. The number of hydrogen-bond donors (Lipinski definition) is 1. The third-order valence-electron chi connectivity index (χ3n) is 6.31. The van der Waals surface area contributed by atoms with Gasteiger partial charge in [-0.15, -0.1) is 0 Å². The van der Waals surface area contributed by atoms with Crippen LogP contribution in [0.5, 0.6) is 0 Å². The first-order valence-electron chi connectivity index (χ1n) is 8.49. The SMILES string of the molecule is CCOC12CC3CC(C1)C(O)C(c1ccccc1C=O)(C3)C2. The molecule has 4 aliphatic rings. The monoisotopic (exact) mass is 300 g/mol. The summed E-state index contributed by atoms with van der Waals surface area (Å²) in [6, 6.07) is 7.81. The lowest BCUT2D eigenvalue weighted by molar-refractivity contribution is -0.210. The standard InChI is InChI=1S/C19H24O3/c1-2-22-18-8-13-7-15(10-18)17(21)19(9-13,12-18)16-6-4-3-5-14(16)11-20/h3-6,11,13,15,17,21H,2,7-10,12H2,1H3. The van der Waals surface area contributed by atoms with Crippen LogP contribution in [0, 0.1) is 11.8 Å². The van der Waals surface area contributed by atoms with Crippen LogP contribution in [0.2, 0.25) is 0 Å². The second-order valence-corrected chi connectivity index (χ2v) is 7.57. The number of benzene rings is 1. The van der Waals surface area contributed by atoms with Crippen LogP contribution < -0.4 is 0 Å². The molecule has 0 radical (unpaired) electrons. The summed E-state index contributed by atoms with van der Waals surface area (Å²) in [5, 5.41) is 11.1. The van der Waals surface area contributed by atoms with Crippen LogP contribution in [0.3, 0.4) is 0 Å². The van der Waals surface area contributed by atoms with E-state index in [-0.39, 0.29) is 17.1 Å². The molecule has 5 unspecified atom stereocenters. The lowest BCUT2D eigenvalue weighted by Gasteiger charge is -2.64. The molecule has 3 heteroatoms. The molecule has 4 saturated carbocycles. The van der Waals surface area contributed by atoms with Crippen molar-refractivity contribution in [3.63, 3.8) is 0 Å². The van der Waals surface area contributed by atoms with E-state index in [9.17, 15) is 9.90 Å². The van der Waals surface area contributed by atoms with Crippen LogP contribution in [0.15, 0.2) is 24.3 Å². The Morgan fingerprint density at radius 1 is 1.32 bits per heavy atom. The van der Waals surface area contributed by atoms with Gasteiger partial charge in [-0.3, -0.25) is 4.79 Å². The molecular formula is C19H24O3. The molecule has 118 valence electrons. The van der Waals surface area contributed by atoms with Crippen molar-refractivity contribution in [1.82, 2.24) is 0 Å². The molecule has 0 amide bonds. The predicted octanol–water partition coefficient (Wildman–Crippen LogP) is 3.10. The summed E-state index contributed by atoms with van der Waals surface area (Å²) in [6.07, 6.45) is 5.64. The molecule has 0 spiro atoms. The molecule has 0 saturated heterocycles. The van der Waals surface area contributed by atoms with Crippen LogP contribution in [-0.2, 0) is 10.2 Å². The molecule has 0 aromatic heterocycles. The number of carbonyl (C=O) groups excluding carboxylic acids is 1. The number of rotatable bonds is 4. The maximum absolute atomic E-state index is 11.5. The van der Waals surface area contributed by atoms with Crippen LogP contribution >= 0.6 is 0 Å². The van der Waals surface area contributed by atoms with E-state index in [0.717, 1.165) is 56.1 Å². The number of carbonyl (C=O) groups is 1. The van der Waals surface area contributed by atoms with Gasteiger partial charge in [-0.1, -0.05) is 24.3 Å². The first-order chi connectivity index (χ1) is 10.6. The molecule has 22 heavy (non-hydrogen) atoms. The minimum atomic E-state index is -0.348. The van der Waals surface area contributed by atoms with Gasteiger partial charge in [-0.05, 0) is 56.4 Å². The van der Waals surface area contributed by atoms with Gasteiger partial charge < -0.3 is 9.84 Å². The van der Waals surface area contributed by atoms with Crippen molar-refractivity contribution in [2.24, 2.45) is 11.8 Å². The van der Waals surface area contributed by atoms with Gasteiger partial charge in [0.1, 0.15) is 6.29 Å². The van der Waals surface area contributed by atoms with E-state index in [1.54, 1.807) is 0 Å². The fourth-order valence-corrected chi connectivity index (χ4v) is 5.95. The largest absolute Gasteiger partial charge is 0.392 e. The molecule has 1 N–H and O–H groups in total. The lowest BCUT2D eigenvalue weighted by Crippen LogP contribution is -2.65. The van der Waals surface area contributed by atoms with Gasteiger partial charge in [0.2, 0.25) is 0 Å². The Hall–Kier alpha value is -1.19. The summed E-state index contributed by atoms with van der Waals surface area (Å²) < 4.78 is 6.21. The van der Waals surface area contributed by atoms with Crippen LogP contribution in [0.1, 0.15) is 54.9 Å². The Morgan fingerprint density at radius 2 is 2.14 bits per heavy atom. The third kappa shape index (κ3) is 1.85. The molecule has 4 fully saturated rings. The average molecular weight is 300 g/mol. The van der Waals surface area contributed by atoms with Gasteiger partial charge in [0.15, 0.2) is 0 Å². The van der Waals surface area contributed by atoms with E-state index in [1.165, 1.54) is 0 Å². The zero-order valence-electron chi connectivity index (χ0n) is 13.1. The zero-order valence-corrected chi connectivity index (χ0v) is 13.1. The Balaban J connectivity index is 1.84. The summed E-state index contributed by atoms with van der Waals surface area (Å²) >= 11 is 0. The lowest BCUT2D eigenvalue weighted by atomic mass is 9.44. The fraction of sp³-hybridized carbons (Fsp3) is 0.632. The predicted molar refractivity (Wildman–Crippen MR) is 83.9 cm³/mol. The highest BCUT2D eigenvalue weighted by Gasteiger charge is 2.63.